The van der Waals surface area contributed by atoms with Crippen LogP contribution in [0.3, 0.4) is 0 Å². The minimum absolute atomic E-state index is 0.683. The van der Waals surface area contributed by atoms with E-state index in [9.17, 15) is 0 Å². The Kier molecular flexibility index (Phi) is 4.28. The molecule has 0 amide bonds. The summed E-state index contributed by atoms with van der Waals surface area (Å²) < 4.78 is 0. The first-order chi connectivity index (χ1) is 5.33. The summed E-state index contributed by atoms with van der Waals surface area (Å²) in [6.45, 7) is 1.77. The lowest BCUT2D eigenvalue weighted by molar-refractivity contribution is 0.642. The van der Waals surface area contributed by atoms with Crippen molar-refractivity contribution in [1.82, 2.24) is 5.32 Å². The van der Waals surface area contributed by atoms with Gasteiger partial charge in [0.05, 0.1) is 0 Å². The maximum Gasteiger partial charge on any atom is 0.0431 e. The van der Waals surface area contributed by atoms with Gasteiger partial charge >= 0.3 is 0 Å². The van der Waals surface area contributed by atoms with E-state index in [1.54, 1.807) is 0 Å². The Bertz CT molecular complexity index is 141. The van der Waals surface area contributed by atoms with E-state index in [4.69, 9.17) is 23.2 Å². The molecule has 1 nitrogen and oxygen atoms in total. The summed E-state index contributed by atoms with van der Waals surface area (Å²) in [5.41, 5.74) is 1.41. The summed E-state index contributed by atoms with van der Waals surface area (Å²) in [7, 11) is 0. The predicted octanol–water partition coefficient (Wildman–Crippen LogP) is 2.70. The Morgan fingerprint density at radius 3 is 2.82 bits per heavy atom. The summed E-state index contributed by atoms with van der Waals surface area (Å²) in [4.78, 5) is 0. The van der Waals surface area contributed by atoms with Gasteiger partial charge in [0.1, 0.15) is 0 Å². The molecule has 0 atom stereocenters. The monoisotopic (exact) mass is 193 g/mol. The maximum atomic E-state index is 5.66. The standard InChI is InChI=1S/C8H13Cl2N/c9-5-8(10)6-11-4-3-7-1-2-7/h5,7,11H,1-4,6H2. The SMILES string of the molecule is ClC=C(Cl)CNCCC1CC1. The van der Waals surface area contributed by atoms with E-state index in [0.29, 0.717) is 11.6 Å². The second kappa shape index (κ2) is 5.02. The Morgan fingerprint density at radius 2 is 2.27 bits per heavy atom. The van der Waals surface area contributed by atoms with E-state index in [1.165, 1.54) is 24.8 Å². The van der Waals surface area contributed by atoms with E-state index in [1.807, 2.05) is 0 Å². The van der Waals surface area contributed by atoms with Crippen LogP contribution in [0.5, 0.6) is 0 Å². The highest BCUT2D eigenvalue weighted by Gasteiger charge is 2.19. The molecule has 1 saturated carbocycles. The van der Waals surface area contributed by atoms with Crippen molar-refractivity contribution in [3.63, 3.8) is 0 Å². The third-order valence-corrected chi connectivity index (χ3v) is 2.46. The molecule has 64 valence electrons. The van der Waals surface area contributed by atoms with Gasteiger partial charge in [-0.15, -0.1) is 0 Å². The Hall–Kier alpha value is 0.280. The number of hydrogen-bond donors (Lipinski definition) is 1. The average Bonchev–Trinajstić information content (AvgIpc) is 2.81. The van der Waals surface area contributed by atoms with Crippen molar-refractivity contribution in [2.45, 2.75) is 19.3 Å². The molecule has 0 aromatic heterocycles. The molecular weight excluding hydrogens is 181 g/mol. The molecule has 1 aliphatic rings. The summed E-state index contributed by atoms with van der Waals surface area (Å²) in [5.74, 6) is 0.987. The van der Waals surface area contributed by atoms with Crippen LogP contribution < -0.4 is 5.32 Å². The molecule has 0 aromatic carbocycles. The second-order valence-corrected chi connectivity index (χ2v) is 3.67. The minimum atomic E-state index is 0.683. The third kappa shape index (κ3) is 4.67. The highest BCUT2D eigenvalue weighted by molar-refractivity contribution is 6.36. The molecule has 1 rings (SSSR count). The third-order valence-electron chi connectivity index (χ3n) is 1.84. The highest BCUT2D eigenvalue weighted by Crippen LogP contribution is 2.31. The Labute approximate surface area is 77.8 Å². The molecule has 1 aliphatic carbocycles. The molecule has 0 spiro atoms. The van der Waals surface area contributed by atoms with Gasteiger partial charge in [0, 0.05) is 17.1 Å². The first-order valence-electron chi connectivity index (χ1n) is 3.98. The zero-order chi connectivity index (χ0) is 8.10. The molecule has 0 heterocycles. The molecular formula is C8H13Cl2N. The molecule has 11 heavy (non-hydrogen) atoms. The van der Waals surface area contributed by atoms with Crippen LogP contribution in [0.4, 0.5) is 0 Å². The number of rotatable bonds is 5. The molecule has 3 heteroatoms. The average molecular weight is 194 g/mol. The predicted molar refractivity (Wildman–Crippen MR) is 50.0 cm³/mol. The van der Waals surface area contributed by atoms with E-state index in [2.05, 4.69) is 5.32 Å². The summed E-state index contributed by atoms with van der Waals surface area (Å²) in [6, 6.07) is 0. The van der Waals surface area contributed by atoms with Crippen LogP contribution in [0, 0.1) is 5.92 Å². The van der Waals surface area contributed by atoms with Gasteiger partial charge in [-0.25, -0.2) is 0 Å². The molecule has 0 radical (unpaired) electrons. The fourth-order valence-corrected chi connectivity index (χ4v) is 1.13. The maximum absolute atomic E-state index is 5.66. The van der Waals surface area contributed by atoms with Crippen molar-refractivity contribution in [2.24, 2.45) is 5.92 Å². The van der Waals surface area contributed by atoms with E-state index >= 15 is 0 Å². The first-order valence-corrected chi connectivity index (χ1v) is 4.80. The van der Waals surface area contributed by atoms with Crippen molar-refractivity contribution in [3.05, 3.63) is 10.6 Å². The first kappa shape index (κ1) is 9.37. The lowest BCUT2D eigenvalue weighted by Gasteiger charge is -2.00. The molecule has 1 N–H and O–H groups in total. The molecule has 0 bridgehead atoms. The molecule has 0 aliphatic heterocycles. The largest absolute Gasteiger partial charge is 0.312 e. The number of hydrogen-bond acceptors (Lipinski definition) is 1. The Balaban J connectivity index is 1.86. The van der Waals surface area contributed by atoms with Gasteiger partial charge in [-0.2, -0.15) is 0 Å². The quantitative estimate of drug-likeness (QED) is 0.663. The van der Waals surface area contributed by atoms with Gasteiger partial charge < -0.3 is 5.32 Å². The summed E-state index contributed by atoms with van der Waals surface area (Å²) >= 11 is 11.0. The fourth-order valence-electron chi connectivity index (χ4n) is 0.959. The van der Waals surface area contributed by atoms with Crippen molar-refractivity contribution < 1.29 is 0 Å². The Morgan fingerprint density at radius 1 is 1.55 bits per heavy atom. The van der Waals surface area contributed by atoms with Crippen molar-refractivity contribution >= 4 is 23.2 Å². The van der Waals surface area contributed by atoms with Crippen LogP contribution in [0.2, 0.25) is 0 Å². The summed E-state index contributed by atoms with van der Waals surface area (Å²) in [6.07, 6.45) is 4.12. The number of nitrogens with one attached hydrogen (secondary N) is 1. The van der Waals surface area contributed by atoms with Crippen LogP contribution in [-0.4, -0.2) is 13.1 Å². The second-order valence-electron chi connectivity index (χ2n) is 2.96. The fraction of sp³-hybridized carbons (Fsp3) is 0.750. The van der Waals surface area contributed by atoms with E-state index in [0.717, 1.165) is 12.5 Å². The van der Waals surface area contributed by atoms with Crippen LogP contribution in [0.25, 0.3) is 0 Å². The minimum Gasteiger partial charge on any atom is -0.312 e. The zero-order valence-corrected chi connectivity index (χ0v) is 7.96. The summed E-state index contributed by atoms with van der Waals surface area (Å²) in [5, 5.41) is 3.91. The number of halogens is 2. The van der Waals surface area contributed by atoms with Crippen LogP contribution in [0.15, 0.2) is 10.6 Å². The van der Waals surface area contributed by atoms with Gasteiger partial charge in [0.15, 0.2) is 0 Å². The van der Waals surface area contributed by atoms with Crippen molar-refractivity contribution in [3.8, 4) is 0 Å². The lowest BCUT2D eigenvalue weighted by Crippen LogP contribution is -2.17. The van der Waals surface area contributed by atoms with Crippen LogP contribution in [0.1, 0.15) is 19.3 Å². The van der Waals surface area contributed by atoms with Crippen molar-refractivity contribution in [1.29, 1.82) is 0 Å². The van der Waals surface area contributed by atoms with E-state index < -0.39 is 0 Å². The molecule has 0 saturated heterocycles. The van der Waals surface area contributed by atoms with Crippen LogP contribution in [-0.2, 0) is 0 Å². The lowest BCUT2D eigenvalue weighted by atomic mass is 10.3. The van der Waals surface area contributed by atoms with Gasteiger partial charge in [-0.3, -0.25) is 0 Å². The van der Waals surface area contributed by atoms with Gasteiger partial charge in [-0.05, 0) is 18.9 Å². The molecule has 0 aromatic rings. The van der Waals surface area contributed by atoms with Crippen LogP contribution >= 0.6 is 23.2 Å². The highest BCUT2D eigenvalue weighted by atomic mass is 35.5. The molecule has 0 unspecified atom stereocenters. The van der Waals surface area contributed by atoms with Gasteiger partial charge in [-0.1, -0.05) is 36.0 Å². The van der Waals surface area contributed by atoms with E-state index in [-0.39, 0.29) is 0 Å². The topological polar surface area (TPSA) is 12.0 Å². The smallest absolute Gasteiger partial charge is 0.0431 e. The molecule has 1 fully saturated rings. The van der Waals surface area contributed by atoms with Crippen molar-refractivity contribution in [2.75, 3.05) is 13.1 Å². The normalized spacial score (nSPS) is 18.9. The van der Waals surface area contributed by atoms with Gasteiger partial charge in [0.25, 0.3) is 0 Å². The van der Waals surface area contributed by atoms with Gasteiger partial charge in [0.2, 0.25) is 0 Å². The zero-order valence-electron chi connectivity index (χ0n) is 6.45.